The summed E-state index contributed by atoms with van der Waals surface area (Å²) in [7, 11) is 0. The third kappa shape index (κ3) is 5.69. The minimum Gasteiger partial charge on any atom is -0.462 e. The molecule has 6 rings (SSSR count). The summed E-state index contributed by atoms with van der Waals surface area (Å²) < 4.78 is 13.1. The number of nitrogens with one attached hydrogen (secondary N) is 1. The second kappa shape index (κ2) is 12.1. The van der Waals surface area contributed by atoms with Gasteiger partial charge in [-0.2, -0.15) is 0 Å². The summed E-state index contributed by atoms with van der Waals surface area (Å²) in [4.78, 5) is 44.9. The van der Waals surface area contributed by atoms with Crippen LogP contribution in [-0.4, -0.2) is 23.1 Å². The number of amides is 1. The molecule has 0 aliphatic carbocycles. The van der Waals surface area contributed by atoms with Gasteiger partial charge in [0.2, 0.25) is 0 Å². The van der Waals surface area contributed by atoms with Crippen LogP contribution in [0, 0.1) is 6.92 Å². The van der Waals surface area contributed by atoms with Gasteiger partial charge < -0.3 is 14.5 Å². The van der Waals surface area contributed by atoms with E-state index < -0.39 is 6.04 Å². The van der Waals surface area contributed by atoms with Crippen molar-refractivity contribution in [2.45, 2.75) is 26.8 Å². The zero-order valence-electron chi connectivity index (χ0n) is 24.4. The predicted octanol–water partition coefficient (Wildman–Crippen LogP) is 5.62. The summed E-state index contributed by atoms with van der Waals surface area (Å²) in [5.41, 5.74) is 4.45. The van der Waals surface area contributed by atoms with Gasteiger partial charge in [-0.3, -0.25) is 14.2 Å². The maximum absolute atomic E-state index is 14.0. The van der Waals surface area contributed by atoms with Crippen LogP contribution in [0.5, 0.6) is 0 Å². The molecule has 220 valence electrons. The number of fused-ring (bicyclic) bond motifs is 1. The van der Waals surface area contributed by atoms with Crippen molar-refractivity contribution in [3.8, 4) is 11.3 Å². The summed E-state index contributed by atoms with van der Waals surface area (Å²) in [5.74, 6) is 0.383. The number of rotatable bonds is 7. The molecule has 3 aromatic carbocycles. The number of furan rings is 1. The monoisotopic (exact) mass is 603 g/mol. The number of ether oxygens (including phenoxy) is 1. The Morgan fingerprint density at radius 1 is 0.977 bits per heavy atom. The Kier molecular flexibility index (Phi) is 7.95. The number of carbonyl (C=O) groups excluding carboxylic acids is 2. The Morgan fingerprint density at radius 3 is 2.41 bits per heavy atom. The maximum Gasteiger partial charge on any atom is 0.338 e. The van der Waals surface area contributed by atoms with Crippen LogP contribution in [0.15, 0.2) is 116 Å². The fourth-order valence-electron chi connectivity index (χ4n) is 5.10. The van der Waals surface area contributed by atoms with E-state index in [0.717, 1.165) is 16.7 Å². The predicted molar refractivity (Wildman–Crippen MR) is 170 cm³/mol. The van der Waals surface area contributed by atoms with Crippen molar-refractivity contribution in [3.05, 3.63) is 144 Å². The quantitative estimate of drug-likeness (QED) is 0.243. The number of hydrogen-bond acceptors (Lipinski definition) is 7. The molecule has 1 N–H and O–H groups in total. The van der Waals surface area contributed by atoms with Crippen molar-refractivity contribution in [3.63, 3.8) is 0 Å². The molecule has 3 heterocycles. The van der Waals surface area contributed by atoms with E-state index in [4.69, 9.17) is 14.1 Å². The van der Waals surface area contributed by atoms with E-state index in [1.54, 1.807) is 54.8 Å². The van der Waals surface area contributed by atoms with Crippen molar-refractivity contribution < 1.29 is 18.7 Å². The van der Waals surface area contributed by atoms with E-state index in [9.17, 15) is 14.4 Å². The van der Waals surface area contributed by atoms with Gasteiger partial charge in [-0.15, -0.1) is 0 Å². The third-order valence-electron chi connectivity index (χ3n) is 7.27. The summed E-state index contributed by atoms with van der Waals surface area (Å²) >= 11 is 1.25. The minimum atomic E-state index is -0.664. The lowest BCUT2D eigenvalue weighted by Gasteiger charge is -2.25. The lowest BCUT2D eigenvalue weighted by Crippen LogP contribution is -2.40. The highest BCUT2D eigenvalue weighted by atomic mass is 32.1. The fraction of sp³-hybridized carbons (Fsp3) is 0.143. The first-order valence-electron chi connectivity index (χ1n) is 14.2. The van der Waals surface area contributed by atoms with Crippen LogP contribution in [0.3, 0.4) is 0 Å². The number of aromatic nitrogens is 1. The van der Waals surface area contributed by atoms with E-state index in [0.29, 0.717) is 50.0 Å². The Bertz CT molecular complexity index is 2070. The van der Waals surface area contributed by atoms with Crippen LogP contribution in [0.4, 0.5) is 5.69 Å². The molecule has 0 bridgehead atoms. The molecule has 1 unspecified atom stereocenters. The number of benzene rings is 3. The SMILES string of the molecule is CCOC(=O)c1ccc(-c2ccc(/C=c3\sc4n(c3=O)C(c3ccc(C)cc3)C(C(=O)Nc3ccccc3)=C(C)N=4)o2)cc1. The average Bonchev–Trinajstić information content (AvgIpc) is 3.61. The van der Waals surface area contributed by atoms with Crippen molar-refractivity contribution in [1.82, 2.24) is 4.57 Å². The van der Waals surface area contributed by atoms with Crippen LogP contribution >= 0.6 is 11.3 Å². The topological polar surface area (TPSA) is 103 Å². The molecule has 0 fully saturated rings. The number of para-hydroxylation sites is 1. The fourth-order valence-corrected chi connectivity index (χ4v) is 6.12. The molecule has 9 heteroatoms. The molecule has 5 aromatic rings. The second-order valence-electron chi connectivity index (χ2n) is 10.3. The highest BCUT2D eigenvalue weighted by Gasteiger charge is 2.32. The Morgan fingerprint density at radius 2 is 1.70 bits per heavy atom. The minimum absolute atomic E-state index is 0.270. The highest BCUT2D eigenvalue weighted by molar-refractivity contribution is 7.07. The Labute approximate surface area is 257 Å². The maximum atomic E-state index is 14.0. The van der Waals surface area contributed by atoms with Crippen LogP contribution in [0.2, 0.25) is 0 Å². The smallest absolute Gasteiger partial charge is 0.338 e. The number of allylic oxidation sites excluding steroid dienone is 1. The molecule has 1 amide bonds. The molecule has 0 saturated heterocycles. The number of anilines is 1. The normalized spacial score (nSPS) is 14.6. The van der Waals surface area contributed by atoms with Crippen LogP contribution < -0.4 is 20.2 Å². The molecule has 0 saturated carbocycles. The summed E-state index contributed by atoms with van der Waals surface area (Å²) in [6, 6.07) is 26.9. The van der Waals surface area contributed by atoms with Gasteiger partial charge in [-0.05, 0) is 62.7 Å². The zero-order chi connectivity index (χ0) is 30.8. The number of carbonyl (C=O) groups is 2. The van der Waals surface area contributed by atoms with E-state index in [-0.39, 0.29) is 17.4 Å². The van der Waals surface area contributed by atoms with Gasteiger partial charge in [0.1, 0.15) is 11.5 Å². The van der Waals surface area contributed by atoms with Gasteiger partial charge in [0.15, 0.2) is 4.80 Å². The number of aryl methyl sites for hydroxylation is 1. The zero-order valence-corrected chi connectivity index (χ0v) is 25.2. The Balaban J connectivity index is 1.38. The first kappa shape index (κ1) is 28.8. The molecule has 2 aromatic heterocycles. The molecule has 1 atom stereocenters. The van der Waals surface area contributed by atoms with Gasteiger partial charge >= 0.3 is 5.97 Å². The number of thiazole rings is 1. The highest BCUT2D eigenvalue weighted by Crippen LogP contribution is 2.31. The lowest BCUT2D eigenvalue weighted by molar-refractivity contribution is -0.113. The lowest BCUT2D eigenvalue weighted by atomic mass is 9.94. The molecule has 1 aliphatic rings. The molecule has 8 nitrogen and oxygen atoms in total. The van der Waals surface area contributed by atoms with Crippen LogP contribution in [0.1, 0.15) is 47.1 Å². The van der Waals surface area contributed by atoms with Gasteiger partial charge in [0.05, 0.1) is 34.0 Å². The summed E-state index contributed by atoms with van der Waals surface area (Å²) in [6.07, 6.45) is 1.69. The van der Waals surface area contributed by atoms with E-state index in [2.05, 4.69) is 5.32 Å². The third-order valence-corrected chi connectivity index (χ3v) is 8.25. The molecule has 0 radical (unpaired) electrons. The Hall–Kier alpha value is -5.28. The van der Waals surface area contributed by atoms with Crippen molar-refractivity contribution >= 4 is 35.0 Å². The summed E-state index contributed by atoms with van der Waals surface area (Å²) in [6.45, 7) is 5.86. The van der Waals surface area contributed by atoms with E-state index in [1.165, 1.54) is 11.3 Å². The number of nitrogens with zero attached hydrogens (tertiary/aromatic N) is 2. The van der Waals surface area contributed by atoms with E-state index >= 15 is 0 Å². The van der Waals surface area contributed by atoms with Crippen LogP contribution in [0.25, 0.3) is 17.4 Å². The number of hydrogen-bond donors (Lipinski definition) is 1. The molecule has 0 spiro atoms. The molecular weight excluding hydrogens is 574 g/mol. The molecule has 1 aliphatic heterocycles. The second-order valence-corrected chi connectivity index (χ2v) is 11.3. The standard InChI is InChI=1S/C35H29N3O5S/c1-4-42-34(41)25-16-14-23(15-17-25)28-19-18-27(43-28)20-29-33(40)38-31(24-12-10-21(2)11-13-24)30(22(3)36-35(38)44-29)32(39)37-26-8-6-5-7-9-26/h5-20,31H,4H2,1-3H3,(H,37,39)/b29-20-. The van der Waals surface area contributed by atoms with Gasteiger partial charge in [0, 0.05) is 17.3 Å². The molecule has 44 heavy (non-hydrogen) atoms. The van der Waals surface area contributed by atoms with Gasteiger partial charge in [0.25, 0.3) is 11.5 Å². The first-order chi connectivity index (χ1) is 21.3. The van der Waals surface area contributed by atoms with E-state index in [1.807, 2.05) is 67.6 Å². The number of esters is 1. The van der Waals surface area contributed by atoms with Gasteiger partial charge in [-0.1, -0.05) is 71.5 Å². The van der Waals surface area contributed by atoms with Crippen molar-refractivity contribution in [2.24, 2.45) is 4.99 Å². The summed E-state index contributed by atoms with van der Waals surface area (Å²) in [5, 5.41) is 2.97. The van der Waals surface area contributed by atoms with Crippen LogP contribution in [-0.2, 0) is 9.53 Å². The largest absolute Gasteiger partial charge is 0.462 e. The van der Waals surface area contributed by atoms with Crippen molar-refractivity contribution in [2.75, 3.05) is 11.9 Å². The average molecular weight is 604 g/mol. The first-order valence-corrected chi connectivity index (χ1v) is 15.0. The van der Waals surface area contributed by atoms with Crippen molar-refractivity contribution in [1.29, 1.82) is 0 Å². The van der Waals surface area contributed by atoms with Gasteiger partial charge in [-0.25, -0.2) is 9.79 Å². The molecular formula is C35H29N3O5S.